The van der Waals surface area contributed by atoms with Gasteiger partial charge in [0.1, 0.15) is 23.0 Å². The number of hydrogen-bond acceptors (Lipinski definition) is 6. The van der Waals surface area contributed by atoms with Gasteiger partial charge in [-0.3, -0.25) is 4.79 Å². The molecular weight excluding hydrogens is 426 g/mol. The van der Waals surface area contributed by atoms with Crippen LogP contribution in [0.15, 0.2) is 50.2 Å². The third-order valence-corrected chi connectivity index (χ3v) is 5.88. The smallest absolute Gasteiger partial charge is 0.340 e. The number of rotatable bonds is 6. The van der Waals surface area contributed by atoms with Crippen molar-refractivity contribution in [2.75, 3.05) is 0 Å². The molecule has 33 heavy (non-hydrogen) atoms. The number of carboxylic acids is 1. The molecule has 2 aromatic heterocycles. The lowest BCUT2D eigenvalue weighted by atomic mass is 9.99. The fourth-order valence-electron chi connectivity index (χ4n) is 4.00. The van der Waals surface area contributed by atoms with Crippen molar-refractivity contribution in [3.63, 3.8) is 0 Å². The summed E-state index contributed by atoms with van der Waals surface area (Å²) in [6.45, 7) is 5.47. The standard InChI is InChI=1S/C25H23NO7/c1-12-11-32-22-14(3)23-18(9-17(12)22)13(2)19(25(31)33-23)10-21(28)26-20(24(29)30)8-15-4-6-16(27)7-5-15/h4-7,9,11,20,27H,8,10H2,1-3H3,(H,26,28)(H,29,30). The number of furan rings is 1. The lowest BCUT2D eigenvalue weighted by molar-refractivity contribution is -0.141. The van der Waals surface area contributed by atoms with E-state index < -0.39 is 23.5 Å². The van der Waals surface area contributed by atoms with Gasteiger partial charge in [0.15, 0.2) is 0 Å². The van der Waals surface area contributed by atoms with Gasteiger partial charge in [-0.05, 0) is 55.7 Å². The van der Waals surface area contributed by atoms with Crippen LogP contribution < -0.4 is 10.9 Å². The molecule has 1 amide bonds. The summed E-state index contributed by atoms with van der Waals surface area (Å²) in [6, 6.07) is 6.74. The van der Waals surface area contributed by atoms with Gasteiger partial charge in [0.2, 0.25) is 5.91 Å². The van der Waals surface area contributed by atoms with Crippen molar-refractivity contribution in [1.29, 1.82) is 0 Å². The van der Waals surface area contributed by atoms with Crippen LogP contribution in [0.25, 0.3) is 21.9 Å². The van der Waals surface area contributed by atoms with Gasteiger partial charge in [0, 0.05) is 22.8 Å². The number of aliphatic carboxylic acids is 1. The summed E-state index contributed by atoms with van der Waals surface area (Å²) in [5, 5.41) is 23.0. The van der Waals surface area contributed by atoms with Crippen LogP contribution in [-0.2, 0) is 22.4 Å². The summed E-state index contributed by atoms with van der Waals surface area (Å²) in [5.74, 6) is -1.74. The van der Waals surface area contributed by atoms with Crippen molar-refractivity contribution in [1.82, 2.24) is 5.32 Å². The van der Waals surface area contributed by atoms with E-state index in [2.05, 4.69) is 5.32 Å². The summed E-state index contributed by atoms with van der Waals surface area (Å²) in [5.41, 5.74) is 3.46. The number of carbonyl (C=O) groups is 2. The molecule has 8 heteroatoms. The zero-order chi connectivity index (χ0) is 23.9. The molecule has 4 rings (SSSR count). The molecule has 0 aliphatic carbocycles. The second-order valence-corrected chi connectivity index (χ2v) is 8.17. The van der Waals surface area contributed by atoms with E-state index in [9.17, 15) is 24.6 Å². The second-order valence-electron chi connectivity index (χ2n) is 8.17. The molecule has 1 unspecified atom stereocenters. The number of aromatic hydroxyl groups is 1. The molecule has 8 nitrogen and oxygen atoms in total. The minimum atomic E-state index is -1.20. The van der Waals surface area contributed by atoms with Crippen LogP contribution in [0.1, 0.15) is 27.8 Å². The number of carboxylic acid groups (broad SMARTS) is 1. The molecule has 0 spiro atoms. The second kappa shape index (κ2) is 8.46. The van der Waals surface area contributed by atoms with Crippen LogP contribution in [0.3, 0.4) is 0 Å². The molecule has 0 radical (unpaired) electrons. The first-order chi connectivity index (χ1) is 15.7. The Bertz CT molecular complexity index is 1440. The van der Waals surface area contributed by atoms with E-state index in [4.69, 9.17) is 8.83 Å². The third kappa shape index (κ3) is 4.19. The quantitative estimate of drug-likeness (QED) is 0.384. The first kappa shape index (κ1) is 22.1. The Hall–Kier alpha value is -4.07. The highest BCUT2D eigenvalue weighted by atomic mass is 16.4. The molecule has 2 aromatic carbocycles. The Labute approximate surface area is 188 Å². The summed E-state index contributed by atoms with van der Waals surface area (Å²) in [7, 11) is 0. The SMILES string of the molecule is Cc1coc2c(C)c3oc(=O)c(CC(=O)NC(Cc4ccc(O)cc4)C(=O)O)c(C)c3cc12. The lowest BCUT2D eigenvalue weighted by Crippen LogP contribution is -2.43. The molecule has 0 fully saturated rings. The van der Waals surface area contributed by atoms with Gasteiger partial charge in [-0.15, -0.1) is 0 Å². The number of phenolic OH excluding ortho intramolecular Hbond substituents is 1. The molecule has 170 valence electrons. The van der Waals surface area contributed by atoms with Gasteiger partial charge in [0.25, 0.3) is 0 Å². The first-order valence-corrected chi connectivity index (χ1v) is 10.4. The highest BCUT2D eigenvalue weighted by molar-refractivity contribution is 6.00. The molecule has 4 aromatic rings. The number of hydrogen-bond donors (Lipinski definition) is 3. The molecule has 1 atom stereocenters. The summed E-state index contributed by atoms with van der Waals surface area (Å²) in [4.78, 5) is 37.1. The van der Waals surface area contributed by atoms with Gasteiger partial charge in [-0.2, -0.15) is 0 Å². The Balaban J connectivity index is 1.63. The van der Waals surface area contributed by atoms with E-state index >= 15 is 0 Å². The van der Waals surface area contributed by atoms with Crippen molar-refractivity contribution in [2.24, 2.45) is 0 Å². The number of amides is 1. The summed E-state index contributed by atoms with van der Waals surface area (Å²) in [6.07, 6.45) is 1.35. The number of carbonyl (C=O) groups excluding carboxylic acids is 1. The van der Waals surface area contributed by atoms with Crippen molar-refractivity contribution in [3.8, 4) is 5.75 Å². The maximum absolute atomic E-state index is 12.7. The van der Waals surface area contributed by atoms with Crippen LogP contribution in [-0.4, -0.2) is 28.1 Å². The van der Waals surface area contributed by atoms with Gasteiger partial charge >= 0.3 is 11.6 Å². The normalized spacial score (nSPS) is 12.2. The molecule has 0 saturated carbocycles. The zero-order valence-electron chi connectivity index (χ0n) is 18.4. The lowest BCUT2D eigenvalue weighted by Gasteiger charge is -2.15. The summed E-state index contributed by atoms with van der Waals surface area (Å²) >= 11 is 0. The van der Waals surface area contributed by atoms with Crippen LogP contribution in [0.4, 0.5) is 0 Å². The number of phenols is 1. The van der Waals surface area contributed by atoms with Gasteiger partial charge in [-0.1, -0.05) is 12.1 Å². The third-order valence-electron chi connectivity index (χ3n) is 5.88. The van der Waals surface area contributed by atoms with Crippen LogP contribution in [0.2, 0.25) is 0 Å². The van der Waals surface area contributed by atoms with Crippen molar-refractivity contribution in [2.45, 2.75) is 39.7 Å². The van der Waals surface area contributed by atoms with E-state index in [1.165, 1.54) is 12.1 Å². The Morgan fingerprint density at radius 3 is 2.39 bits per heavy atom. The minimum absolute atomic E-state index is 0.0314. The molecule has 2 heterocycles. The minimum Gasteiger partial charge on any atom is -0.508 e. The Kier molecular flexibility index (Phi) is 5.68. The maximum Gasteiger partial charge on any atom is 0.340 e. The fraction of sp³-hybridized carbons (Fsp3) is 0.240. The van der Waals surface area contributed by atoms with E-state index in [-0.39, 0.29) is 24.2 Å². The van der Waals surface area contributed by atoms with Crippen molar-refractivity contribution >= 4 is 33.8 Å². The first-order valence-electron chi connectivity index (χ1n) is 10.4. The van der Waals surface area contributed by atoms with E-state index in [0.29, 0.717) is 33.2 Å². The number of fused-ring (bicyclic) bond motifs is 2. The van der Waals surface area contributed by atoms with Crippen LogP contribution in [0.5, 0.6) is 5.75 Å². The summed E-state index contributed by atoms with van der Waals surface area (Å²) < 4.78 is 11.1. The number of aryl methyl sites for hydroxylation is 3. The van der Waals surface area contributed by atoms with Gasteiger partial charge in [-0.25, -0.2) is 9.59 Å². The average molecular weight is 449 g/mol. The molecule has 0 aliphatic rings. The predicted molar refractivity (Wildman–Crippen MR) is 122 cm³/mol. The maximum atomic E-state index is 12.7. The molecule has 3 N–H and O–H groups in total. The Morgan fingerprint density at radius 2 is 1.73 bits per heavy atom. The molecule has 0 saturated heterocycles. The van der Waals surface area contributed by atoms with Crippen LogP contribution in [0, 0.1) is 20.8 Å². The highest BCUT2D eigenvalue weighted by Gasteiger charge is 2.23. The van der Waals surface area contributed by atoms with Gasteiger partial charge in [0.05, 0.1) is 18.2 Å². The zero-order valence-corrected chi connectivity index (χ0v) is 18.4. The van der Waals surface area contributed by atoms with E-state index in [0.717, 1.165) is 10.9 Å². The molecular formula is C25H23NO7. The largest absolute Gasteiger partial charge is 0.508 e. The number of nitrogens with one attached hydrogen (secondary N) is 1. The van der Waals surface area contributed by atoms with E-state index in [1.807, 2.05) is 19.9 Å². The van der Waals surface area contributed by atoms with E-state index in [1.54, 1.807) is 25.3 Å². The van der Waals surface area contributed by atoms with Crippen molar-refractivity contribution < 1.29 is 28.6 Å². The topological polar surface area (TPSA) is 130 Å². The predicted octanol–water partition coefficient (Wildman–Crippen LogP) is 3.52. The highest BCUT2D eigenvalue weighted by Crippen LogP contribution is 2.32. The Morgan fingerprint density at radius 1 is 1.03 bits per heavy atom. The molecule has 0 bridgehead atoms. The molecule has 0 aliphatic heterocycles. The number of benzene rings is 2. The van der Waals surface area contributed by atoms with Crippen LogP contribution >= 0.6 is 0 Å². The van der Waals surface area contributed by atoms with Crippen molar-refractivity contribution in [3.05, 3.63) is 74.8 Å². The average Bonchev–Trinajstić information content (AvgIpc) is 3.14. The monoisotopic (exact) mass is 449 g/mol. The van der Waals surface area contributed by atoms with Gasteiger partial charge < -0.3 is 24.4 Å². The fourth-order valence-corrected chi connectivity index (χ4v) is 4.00.